The van der Waals surface area contributed by atoms with Crippen molar-refractivity contribution in [3.05, 3.63) is 140 Å². The van der Waals surface area contributed by atoms with Gasteiger partial charge in [-0.05, 0) is 257 Å². The zero-order valence-corrected chi connectivity index (χ0v) is 75.2. The van der Waals surface area contributed by atoms with E-state index < -0.39 is 0 Å². The third-order valence-corrected chi connectivity index (χ3v) is 20.4. The molecule has 0 aromatic carbocycles. The van der Waals surface area contributed by atoms with Crippen LogP contribution in [0.1, 0.15) is 471 Å². The van der Waals surface area contributed by atoms with E-state index in [2.05, 4.69) is 198 Å². The Balaban J connectivity index is -0.00000153. The summed E-state index contributed by atoms with van der Waals surface area (Å²) < 4.78 is 16.2. The number of carbonyl (C=O) groups excluding carboxylic acids is 3. The van der Waals surface area contributed by atoms with E-state index in [9.17, 15) is 14.4 Å². The minimum absolute atomic E-state index is 0.0464. The molecule has 0 amide bonds. The molecule has 0 rings (SSSR count). The summed E-state index contributed by atoms with van der Waals surface area (Å²) in [4.78, 5) is 35.9. The van der Waals surface area contributed by atoms with Gasteiger partial charge in [0.25, 0.3) is 0 Å². The molecule has 0 spiro atoms. The summed E-state index contributed by atoms with van der Waals surface area (Å²) in [6.45, 7) is 40.9. The van der Waals surface area contributed by atoms with Crippen molar-refractivity contribution < 1.29 is 28.6 Å². The van der Waals surface area contributed by atoms with Crippen LogP contribution in [0.3, 0.4) is 0 Å². The molecule has 108 heavy (non-hydrogen) atoms. The van der Waals surface area contributed by atoms with E-state index in [1.807, 2.05) is 0 Å². The summed E-state index contributed by atoms with van der Waals surface area (Å²) in [5.74, 6) is -0.139. The lowest BCUT2D eigenvalue weighted by Crippen LogP contribution is -2.04. The molecule has 0 unspecified atom stereocenters. The molecule has 0 aromatic heterocycles. The van der Waals surface area contributed by atoms with Crippen molar-refractivity contribution in [2.45, 2.75) is 471 Å². The molecule has 6 heteroatoms. The lowest BCUT2D eigenvalue weighted by Gasteiger charge is -2.05. The van der Waals surface area contributed by atoms with Crippen LogP contribution < -0.4 is 0 Å². The second kappa shape index (κ2) is 83.2. The smallest absolute Gasteiger partial charge is 0.306 e. The highest BCUT2D eigenvalue weighted by atomic mass is 16.5. The van der Waals surface area contributed by atoms with E-state index in [1.54, 1.807) is 0 Å². The molecule has 0 aromatic rings. The van der Waals surface area contributed by atoms with E-state index in [0.29, 0.717) is 39.1 Å². The molecule has 0 N–H and O–H groups in total. The van der Waals surface area contributed by atoms with Crippen LogP contribution in [0.15, 0.2) is 140 Å². The van der Waals surface area contributed by atoms with E-state index in [4.69, 9.17) is 14.2 Å². The molecule has 0 aliphatic rings. The first kappa shape index (κ1) is 107. The third-order valence-electron chi connectivity index (χ3n) is 20.4. The van der Waals surface area contributed by atoms with E-state index in [1.165, 1.54) is 260 Å². The van der Waals surface area contributed by atoms with Crippen LogP contribution in [-0.4, -0.2) is 37.7 Å². The van der Waals surface area contributed by atoms with Gasteiger partial charge in [-0.25, -0.2) is 0 Å². The summed E-state index contributed by atoms with van der Waals surface area (Å²) in [6, 6.07) is 0. The van der Waals surface area contributed by atoms with Crippen LogP contribution in [0.4, 0.5) is 0 Å². The van der Waals surface area contributed by atoms with Crippen molar-refractivity contribution in [1.29, 1.82) is 0 Å². The first-order valence-corrected chi connectivity index (χ1v) is 45.3. The molecule has 0 saturated carbocycles. The third kappa shape index (κ3) is 90.2. The zero-order chi connectivity index (χ0) is 80.6. The number of carbonyl (C=O) groups is 3. The van der Waals surface area contributed by atoms with Crippen molar-refractivity contribution in [1.82, 2.24) is 0 Å². The van der Waals surface area contributed by atoms with Gasteiger partial charge in [0.1, 0.15) is 19.8 Å². The van der Waals surface area contributed by atoms with Crippen molar-refractivity contribution >= 4 is 17.9 Å². The Morgan fingerprint density at radius 2 is 0.315 bits per heavy atom. The van der Waals surface area contributed by atoms with Gasteiger partial charge in [0.05, 0.1) is 0 Å². The fourth-order valence-electron chi connectivity index (χ4n) is 12.8. The van der Waals surface area contributed by atoms with Gasteiger partial charge in [0.2, 0.25) is 0 Å². The van der Waals surface area contributed by atoms with Gasteiger partial charge in [0, 0.05) is 19.3 Å². The topological polar surface area (TPSA) is 78.9 Å². The first-order chi connectivity index (χ1) is 52.0. The number of hydrogen-bond donors (Lipinski definition) is 0. The second-order valence-electron chi connectivity index (χ2n) is 33.1. The second-order valence-corrected chi connectivity index (χ2v) is 33.1. The summed E-state index contributed by atoms with van der Waals surface area (Å²) in [7, 11) is 0. The van der Waals surface area contributed by atoms with Crippen LogP contribution in [0, 0.1) is 0 Å². The van der Waals surface area contributed by atoms with Crippen LogP contribution in [0.5, 0.6) is 0 Å². The van der Waals surface area contributed by atoms with Gasteiger partial charge in [-0.15, -0.1) is 0 Å². The van der Waals surface area contributed by atoms with E-state index in [0.717, 1.165) is 135 Å². The summed E-state index contributed by atoms with van der Waals surface area (Å²) in [5, 5.41) is 0. The molecule has 0 bridgehead atoms. The lowest BCUT2D eigenvalue weighted by molar-refractivity contribution is -0.143. The Kier molecular flexibility index (Phi) is 82.8. The van der Waals surface area contributed by atoms with Gasteiger partial charge >= 0.3 is 17.9 Å². The molecule has 0 radical (unpaired) electrons. The predicted molar refractivity (Wildman–Crippen MR) is 481 cm³/mol. The Hall–Kier alpha value is -4.71. The molecule has 624 valence electrons. The van der Waals surface area contributed by atoms with Crippen LogP contribution in [-0.2, 0) is 28.6 Å². The van der Waals surface area contributed by atoms with Crippen LogP contribution in [0.2, 0.25) is 0 Å². The number of esters is 3. The van der Waals surface area contributed by atoms with Crippen molar-refractivity contribution in [2.24, 2.45) is 0 Å². The summed E-state index contributed by atoms with van der Waals surface area (Å²) in [6.07, 6.45) is 92.1. The highest BCUT2D eigenvalue weighted by molar-refractivity contribution is 5.70. The monoisotopic (exact) mass is 1500 g/mol. The van der Waals surface area contributed by atoms with Gasteiger partial charge < -0.3 is 14.2 Å². The van der Waals surface area contributed by atoms with E-state index >= 15 is 0 Å². The number of allylic oxidation sites excluding steroid dienone is 21. The highest BCUT2D eigenvalue weighted by Crippen LogP contribution is 2.21. The first-order valence-electron chi connectivity index (χ1n) is 45.3. The van der Waals surface area contributed by atoms with Gasteiger partial charge in [-0.2, -0.15) is 0 Å². The fourth-order valence-corrected chi connectivity index (χ4v) is 12.8. The number of ether oxygens (including phenoxy) is 3. The molecular formula is C102H180O6. The van der Waals surface area contributed by atoms with Crippen LogP contribution in [0.25, 0.3) is 0 Å². The molecule has 0 atom stereocenters. The zero-order valence-electron chi connectivity index (χ0n) is 75.2. The molecule has 0 aliphatic heterocycles. The quantitative estimate of drug-likeness (QED) is 0.0261. The fraction of sp³-hybridized carbons (Fsp3) is 0.735. The Labute approximate surface area is 673 Å². The molecule has 0 heterocycles. The Bertz CT molecular complexity index is 2250. The average Bonchev–Trinajstić information content (AvgIpc) is 1.10. The predicted octanol–water partition coefficient (Wildman–Crippen LogP) is 34.1. The normalized spacial score (nSPS) is 12.7. The lowest BCUT2D eigenvalue weighted by atomic mass is 10.0. The molecular weight excluding hydrogens is 1320 g/mol. The largest absolute Gasteiger partial charge is 0.461 e. The van der Waals surface area contributed by atoms with Crippen molar-refractivity contribution in [3.8, 4) is 0 Å². The number of rotatable bonds is 69. The number of unbranched alkanes of at least 4 members (excludes halogenated alkanes) is 30. The highest BCUT2D eigenvalue weighted by Gasteiger charge is 2.07. The van der Waals surface area contributed by atoms with Gasteiger partial charge in [-0.3, -0.25) is 14.4 Å². The minimum atomic E-state index is -0.0464. The molecule has 0 fully saturated rings. The maximum atomic E-state index is 12.0. The van der Waals surface area contributed by atoms with Crippen molar-refractivity contribution in [3.63, 3.8) is 0 Å². The molecule has 0 saturated heterocycles. The Morgan fingerprint density at radius 1 is 0.176 bits per heavy atom. The minimum Gasteiger partial charge on any atom is -0.461 e. The van der Waals surface area contributed by atoms with Gasteiger partial charge in [0.15, 0.2) is 0 Å². The molecule has 0 aliphatic carbocycles. The average molecular weight is 1500 g/mol. The number of hydrogen-bond acceptors (Lipinski definition) is 6. The molecule has 6 nitrogen and oxygen atoms in total. The maximum absolute atomic E-state index is 12.0. The van der Waals surface area contributed by atoms with Crippen LogP contribution >= 0.6 is 0 Å². The maximum Gasteiger partial charge on any atom is 0.306 e. The van der Waals surface area contributed by atoms with Gasteiger partial charge in [-0.1, -0.05) is 335 Å². The van der Waals surface area contributed by atoms with E-state index in [-0.39, 0.29) is 17.9 Å². The SMILES string of the molecule is CCCCCCCCCCCCCC(=O)OCC=C(C)CCC=C(C)CCC=C(C)CCC=C(C)C.CCCCCCCCCCCCCC(=O)OCC=C(C)CCC=C(C)CCC=C(C)CCC=C(C)C.CCCCCCCCCCCCCC(=O)OCC=C(C)CCC=C(C)CCC=C(C)CCC=C(C)C. The Morgan fingerprint density at radius 3 is 0.472 bits per heavy atom. The summed E-state index contributed by atoms with van der Waals surface area (Å²) >= 11 is 0. The van der Waals surface area contributed by atoms with Crippen molar-refractivity contribution in [2.75, 3.05) is 19.8 Å². The standard InChI is InChI=1S/3C34H60O2/c3*1-7-8-9-10-11-12-13-14-15-16-17-27-34(35)36-29-28-33(6)26-20-25-32(5)24-19-23-31(4)22-18-21-30(2)3/h3*21,23,25,28H,7-20,22,24,26-27,29H2,1-6H3. The summed E-state index contributed by atoms with van der Waals surface area (Å²) in [5.41, 5.74) is 17.0.